The van der Waals surface area contributed by atoms with E-state index in [0.29, 0.717) is 32.0 Å². The van der Waals surface area contributed by atoms with Crippen LogP contribution in [0.4, 0.5) is 11.4 Å². The Morgan fingerprint density at radius 1 is 1.00 bits per heavy atom. The standard InChI is InChI=1S/C23H30N4O5S/c1-18(25-9-11-26(12-10-25)20-5-7-21(28)8-6-20)23(29)24-19-3-2-4-22(17-19)33(30,31)27-13-15-32-16-14-27/h2-8,17-18,28H,9-16H2,1H3,(H,24,29). The molecule has 0 aromatic heterocycles. The summed E-state index contributed by atoms with van der Waals surface area (Å²) in [6, 6.07) is 13.2. The normalized spacial score (nSPS) is 19.2. The monoisotopic (exact) mass is 474 g/mol. The van der Waals surface area contributed by atoms with Gasteiger partial charge in [0, 0.05) is 50.6 Å². The largest absolute Gasteiger partial charge is 0.508 e. The Labute approximate surface area is 194 Å². The van der Waals surface area contributed by atoms with Crippen molar-refractivity contribution >= 4 is 27.3 Å². The van der Waals surface area contributed by atoms with Crippen molar-refractivity contribution in [3.8, 4) is 5.75 Å². The molecule has 10 heteroatoms. The fourth-order valence-electron chi connectivity index (χ4n) is 4.11. The molecule has 33 heavy (non-hydrogen) atoms. The van der Waals surface area contributed by atoms with E-state index in [4.69, 9.17) is 4.74 Å². The molecule has 2 saturated heterocycles. The van der Waals surface area contributed by atoms with Crippen molar-refractivity contribution < 1.29 is 23.1 Å². The number of ether oxygens (including phenoxy) is 1. The molecule has 1 unspecified atom stereocenters. The summed E-state index contributed by atoms with van der Waals surface area (Å²) in [7, 11) is -3.63. The second-order valence-electron chi connectivity index (χ2n) is 8.25. The van der Waals surface area contributed by atoms with E-state index in [9.17, 15) is 18.3 Å². The second-order valence-corrected chi connectivity index (χ2v) is 10.2. The van der Waals surface area contributed by atoms with E-state index in [-0.39, 0.29) is 22.6 Å². The van der Waals surface area contributed by atoms with Gasteiger partial charge in [-0.1, -0.05) is 6.07 Å². The minimum Gasteiger partial charge on any atom is -0.508 e. The van der Waals surface area contributed by atoms with Gasteiger partial charge >= 0.3 is 0 Å². The number of benzene rings is 2. The number of rotatable bonds is 6. The predicted molar refractivity (Wildman–Crippen MR) is 126 cm³/mol. The molecule has 2 fully saturated rings. The number of phenols is 1. The summed E-state index contributed by atoms with van der Waals surface area (Å²) in [5.41, 5.74) is 1.51. The molecular formula is C23H30N4O5S. The van der Waals surface area contributed by atoms with Crippen molar-refractivity contribution in [1.82, 2.24) is 9.21 Å². The van der Waals surface area contributed by atoms with Crippen LogP contribution in [0.3, 0.4) is 0 Å². The minimum atomic E-state index is -3.63. The fraction of sp³-hybridized carbons (Fsp3) is 0.435. The van der Waals surface area contributed by atoms with Crippen LogP contribution in [-0.4, -0.2) is 87.2 Å². The van der Waals surface area contributed by atoms with Crippen molar-refractivity contribution in [3.63, 3.8) is 0 Å². The summed E-state index contributed by atoms with van der Waals surface area (Å²) in [5, 5.41) is 12.3. The van der Waals surface area contributed by atoms with Crippen LogP contribution in [0.15, 0.2) is 53.4 Å². The van der Waals surface area contributed by atoms with Gasteiger partial charge < -0.3 is 20.1 Å². The maximum absolute atomic E-state index is 12.9. The number of hydrogen-bond donors (Lipinski definition) is 2. The number of nitrogens with zero attached hydrogens (tertiary/aromatic N) is 3. The highest BCUT2D eigenvalue weighted by molar-refractivity contribution is 7.89. The quantitative estimate of drug-likeness (QED) is 0.655. The van der Waals surface area contributed by atoms with Gasteiger partial charge in [-0.3, -0.25) is 9.69 Å². The first-order chi connectivity index (χ1) is 15.8. The number of amides is 1. The first kappa shape index (κ1) is 23.5. The first-order valence-corrected chi connectivity index (χ1v) is 12.6. The van der Waals surface area contributed by atoms with E-state index >= 15 is 0 Å². The molecule has 2 aromatic rings. The van der Waals surface area contributed by atoms with Crippen molar-refractivity contribution in [2.75, 3.05) is 62.7 Å². The van der Waals surface area contributed by atoms with E-state index in [1.165, 1.54) is 10.4 Å². The number of carbonyl (C=O) groups excluding carboxylic acids is 1. The molecule has 4 rings (SSSR count). The zero-order valence-electron chi connectivity index (χ0n) is 18.7. The maximum atomic E-state index is 12.9. The number of aromatic hydroxyl groups is 1. The van der Waals surface area contributed by atoms with Crippen LogP contribution in [0.2, 0.25) is 0 Å². The Bertz CT molecular complexity index is 1060. The summed E-state index contributed by atoms with van der Waals surface area (Å²) in [5.74, 6) is 0.0681. The molecule has 0 aliphatic carbocycles. The summed E-state index contributed by atoms with van der Waals surface area (Å²) in [6.07, 6.45) is 0. The number of hydrogen-bond acceptors (Lipinski definition) is 7. The molecule has 0 spiro atoms. The SMILES string of the molecule is CC(C(=O)Nc1cccc(S(=O)(=O)N2CCOCC2)c1)N1CCN(c2ccc(O)cc2)CC1. The predicted octanol–water partition coefficient (Wildman–Crippen LogP) is 1.56. The summed E-state index contributed by atoms with van der Waals surface area (Å²) >= 11 is 0. The second kappa shape index (κ2) is 10.1. The Balaban J connectivity index is 1.35. The van der Waals surface area contributed by atoms with Crippen molar-refractivity contribution in [2.45, 2.75) is 17.9 Å². The van der Waals surface area contributed by atoms with Crippen molar-refractivity contribution in [3.05, 3.63) is 48.5 Å². The van der Waals surface area contributed by atoms with Gasteiger partial charge in [0.15, 0.2) is 0 Å². The van der Waals surface area contributed by atoms with Crippen LogP contribution in [0.1, 0.15) is 6.92 Å². The Morgan fingerprint density at radius 3 is 2.33 bits per heavy atom. The molecule has 2 N–H and O–H groups in total. The Morgan fingerprint density at radius 2 is 1.67 bits per heavy atom. The Kier molecular flexibility index (Phi) is 7.18. The van der Waals surface area contributed by atoms with Gasteiger partial charge in [-0.15, -0.1) is 0 Å². The lowest BCUT2D eigenvalue weighted by molar-refractivity contribution is -0.120. The van der Waals surface area contributed by atoms with Crippen LogP contribution in [0, 0.1) is 0 Å². The molecule has 2 heterocycles. The van der Waals surface area contributed by atoms with Crippen molar-refractivity contribution in [1.29, 1.82) is 0 Å². The number of nitrogens with one attached hydrogen (secondary N) is 1. The van der Waals surface area contributed by atoms with E-state index in [1.807, 2.05) is 19.1 Å². The highest BCUT2D eigenvalue weighted by atomic mass is 32.2. The molecule has 1 atom stereocenters. The van der Waals surface area contributed by atoms with Crippen molar-refractivity contribution in [2.24, 2.45) is 0 Å². The summed E-state index contributed by atoms with van der Waals surface area (Å²) in [6.45, 7) is 6.27. The zero-order chi connectivity index (χ0) is 23.4. The molecule has 9 nitrogen and oxygen atoms in total. The third-order valence-corrected chi connectivity index (χ3v) is 8.06. The van der Waals surface area contributed by atoms with E-state index < -0.39 is 10.0 Å². The Hall–Kier alpha value is -2.66. The topological polar surface area (TPSA) is 102 Å². The van der Waals surface area contributed by atoms with Crippen LogP contribution >= 0.6 is 0 Å². The molecular weight excluding hydrogens is 444 g/mol. The molecule has 1 amide bonds. The number of morpholine rings is 1. The lowest BCUT2D eigenvalue weighted by atomic mass is 10.2. The van der Waals surface area contributed by atoms with Gasteiger partial charge in [0.05, 0.1) is 24.2 Å². The van der Waals surface area contributed by atoms with Crippen LogP contribution < -0.4 is 10.2 Å². The fourth-order valence-corrected chi connectivity index (χ4v) is 5.57. The molecule has 2 aromatic carbocycles. The number of sulfonamides is 1. The molecule has 2 aliphatic rings. The van der Waals surface area contributed by atoms with E-state index in [2.05, 4.69) is 15.1 Å². The molecule has 0 saturated carbocycles. The average molecular weight is 475 g/mol. The lowest BCUT2D eigenvalue weighted by Gasteiger charge is -2.38. The molecule has 0 bridgehead atoms. The third kappa shape index (κ3) is 5.47. The zero-order valence-corrected chi connectivity index (χ0v) is 19.5. The third-order valence-electron chi connectivity index (χ3n) is 6.17. The van der Waals surface area contributed by atoms with E-state index in [1.54, 1.807) is 30.3 Å². The van der Waals surface area contributed by atoms with Gasteiger partial charge in [-0.2, -0.15) is 4.31 Å². The summed E-state index contributed by atoms with van der Waals surface area (Å²) < 4.78 is 32.5. The van der Waals surface area contributed by atoms with Crippen LogP contribution in [-0.2, 0) is 19.6 Å². The number of carbonyl (C=O) groups is 1. The van der Waals surface area contributed by atoms with Gasteiger partial charge in [0.2, 0.25) is 15.9 Å². The van der Waals surface area contributed by atoms with Gasteiger partial charge in [0.1, 0.15) is 5.75 Å². The first-order valence-electron chi connectivity index (χ1n) is 11.1. The lowest BCUT2D eigenvalue weighted by Crippen LogP contribution is -2.52. The molecule has 178 valence electrons. The summed E-state index contributed by atoms with van der Waals surface area (Å²) in [4.78, 5) is 17.4. The van der Waals surface area contributed by atoms with Gasteiger partial charge in [-0.25, -0.2) is 8.42 Å². The van der Waals surface area contributed by atoms with Gasteiger partial charge in [-0.05, 0) is 49.4 Å². The van der Waals surface area contributed by atoms with Gasteiger partial charge in [0.25, 0.3) is 0 Å². The number of anilines is 2. The number of piperazine rings is 1. The number of phenolic OH excluding ortho intramolecular Hbond substituents is 1. The highest BCUT2D eigenvalue weighted by Gasteiger charge is 2.28. The van der Waals surface area contributed by atoms with E-state index in [0.717, 1.165) is 31.9 Å². The van der Waals surface area contributed by atoms with Crippen LogP contribution in [0.5, 0.6) is 5.75 Å². The average Bonchev–Trinajstić information content (AvgIpc) is 2.85. The molecule has 2 aliphatic heterocycles. The minimum absolute atomic E-state index is 0.164. The van der Waals surface area contributed by atoms with Crippen LogP contribution in [0.25, 0.3) is 0 Å². The highest BCUT2D eigenvalue weighted by Crippen LogP contribution is 2.22. The smallest absolute Gasteiger partial charge is 0.243 e. The maximum Gasteiger partial charge on any atom is 0.243 e. The molecule has 0 radical (unpaired) electrons.